The average Bonchev–Trinajstić information content (AvgIpc) is 3.36. The first kappa shape index (κ1) is 22.5. The molecular weight excluding hydrogens is 468 g/mol. The van der Waals surface area contributed by atoms with Crippen molar-refractivity contribution in [3.05, 3.63) is 115 Å². The largest absolute Gasteiger partial charge is 0.364 e. The summed E-state index contributed by atoms with van der Waals surface area (Å²) in [6.07, 6.45) is 3.55. The smallest absolute Gasteiger partial charge is 0.244 e. The number of rotatable bonds is 5. The molecule has 0 unspecified atom stereocenters. The summed E-state index contributed by atoms with van der Waals surface area (Å²) in [5, 5.41) is 1.66. The molecule has 1 aliphatic heterocycles. The van der Waals surface area contributed by atoms with Crippen LogP contribution >= 0.6 is 0 Å². The van der Waals surface area contributed by atoms with Gasteiger partial charge in [0.2, 0.25) is 10.0 Å². The van der Waals surface area contributed by atoms with E-state index < -0.39 is 10.0 Å². The summed E-state index contributed by atoms with van der Waals surface area (Å²) in [5.74, 6) is 0. The van der Waals surface area contributed by atoms with Gasteiger partial charge in [-0.3, -0.25) is 0 Å². The lowest BCUT2D eigenvalue weighted by Gasteiger charge is -2.24. The number of anilines is 1. The molecule has 0 fully saturated rings. The summed E-state index contributed by atoms with van der Waals surface area (Å²) < 4.78 is 29.7. The highest BCUT2D eigenvalue weighted by Crippen LogP contribution is 2.34. The minimum Gasteiger partial charge on any atom is -0.364 e. The molecule has 0 amide bonds. The van der Waals surface area contributed by atoms with E-state index in [0.29, 0.717) is 31.1 Å². The minimum absolute atomic E-state index is 0.304. The first-order valence-electron chi connectivity index (χ1n) is 12.0. The molecule has 36 heavy (non-hydrogen) atoms. The second kappa shape index (κ2) is 9.26. The van der Waals surface area contributed by atoms with Crippen LogP contribution in [0.2, 0.25) is 0 Å². The number of sulfonamides is 1. The van der Waals surface area contributed by atoms with Crippen LogP contribution in [0.15, 0.2) is 108 Å². The second-order valence-corrected chi connectivity index (χ2v) is 10.9. The fourth-order valence-corrected chi connectivity index (χ4v) is 6.58. The number of fused-ring (bicyclic) bond motifs is 2. The zero-order chi connectivity index (χ0) is 24.5. The third-order valence-electron chi connectivity index (χ3n) is 6.77. The average molecular weight is 495 g/mol. The number of hydrogen-bond donors (Lipinski definition) is 1. The van der Waals surface area contributed by atoms with Gasteiger partial charge in [0.25, 0.3) is 0 Å². The van der Waals surface area contributed by atoms with Crippen molar-refractivity contribution in [1.82, 2.24) is 14.3 Å². The maximum Gasteiger partial charge on any atom is 0.244 e. The van der Waals surface area contributed by atoms with Crippen LogP contribution in [-0.2, 0) is 23.1 Å². The molecule has 0 radical (unpaired) electrons. The predicted octanol–water partition coefficient (Wildman–Crippen LogP) is 5.44. The Balaban J connectivity index is 1.43. The fourth-order valence-electron chi connectivity index (χ4n) is 4.95. The number of H-pyrrole nitrogens is 1. The van der Waals surface area contributed by atoms with E-state index in [4.69, 9.17) is 0 Å². The number of nitrogens with one attached hydrogen (secondary N) is 1. The Bertz CT molecular complexity index is 1610. The van der Waals surface area contributed by atoms with Crippen molar-refractivity contribution >= 4 is 26.5 Å². The molecule has 6 nitrogen and oxygen atoms in total. The highest BCUT2D eigenvalue weighted by molar-refractivity contribution is 7.89. The third-order valence-corrected chi connectivity index (χ3v) is 8.67. The Morgan fingerprint density at radius 3 is 2.47 bits per heavy atom. The van der Waals surface area contributed by atoms with Gasteiger partial charge in [-0.1, -0.05) is 72.8 Å². The monoisotopic (exact) mass is 494 g/mol. The molecule has 180 valence electrons. The van der Waals surface area contributed by atoms with Gasteiger partial charge in [-0.25, -0.2) is 13.4 Å². The third kappa shape index (κ3) is 4.17. The maximum absolute atomic E-state index is 14.0. The zero-order valence-corrected chi connectivity index (χ0v) is 20.5. The number of imidazole rings is 1. The highest BCUT2D eigenvalue weighted by atomic mass is 32.2. The first-order chi connectivity index (χ1) is 17.6. The van der Waals surface area contributed by atoms with Crippen LogP contribution in [-0.4, -0.2) is 35.8 Å². The van der Waals surface area contributed by atoms with Crippen LogP contribution < -0.4 is 4.90 Å². The predicted molar refractivity (Wildman–Crippen MR) is 143 cm³/mol. The van der Waals surface area contributed by atoms with E-state index in [0.717, 1.165) is 38.8 Å². The molecule has 2 heterocycles. The molecular formula is C29H26N4O2S. The Labute approximate surface area is 210 Å². The molecule has 5 aromatic rings. The van der Waals surface area contributed by atoms with Crippen molar-refractivity contribution in [2.24, 2.45) is 0 Å². The van der Waals surface area contributed by atoms with Gasteiger partial charge in [-0.15, -0.1) is 0 Å². The summed E-state index contributed by atoms with van der Waals surface area (Å²) in [6.45, 7) is 1.85. The quantitative estimate of drug-likeness (QED) is 0.353. The van der Waals surface area contributed by atoms with Crippen LogP contribution in [0.1, 0.15) is 11.3 Å². The summed E-state index contributed by atoms with van der Waals surface area (Å²) in [7, 11) is -3.73. The van der Waals surface area contributed by atoms with Crippen LogP contribution in [0.4, 0.5) is 5.69 Å². The molecule has 4 aromatic carbocycles. The molecule has 1 aliphatic rings. The summed E-state index contributed by atoms with van der Waals surface area (Å²) >= 11 is 0. The molecule has 1 aromatic heterocycles. The Morgan fingerprint density at radius 1 is 0.833 bits per heavy atom. The van der Waals surface area contributed by atoms with E-state index >= 15 is 0 Å². The topological polar surface area (TPSA) is 69.3 Å². The highest BCUT2D eigenvalue weighted by Gasteiger charge is 2.30. The lowest BCUT2D eigenvalue weighted by molar-refractivity contribution is 0.419. The van der Waals surface area contributed by atoms with Crippen LogP contribution in [0.3, 0.4) is 0 Å². The van der Waals surface area contributed by atoms with Crippen molar-refractivity contribution in [2.75, 3.05) is 18.0 Å². The molecule has 0 bridgehead atoms. The minimum atomic E-state index is -3.73. The molecule has 6 rings (SSSR count). The van der Waals surface area contributed by atoms with Crippen molar-refractivity contribution in [3.63, 3.8) is 0 Å². The maximum atomic E-state index is 14.0. The summed E-state index contributed by atoms with van der Waals surface area (Å²) in [5.41, 5.74) is 5.10. The van der Waals surface area contributed by atoms with Gasteiger partial charge in [0, 0.05) is 36.9 Å². The van der Waals surface area contributed by atoms with Crippen molar-refractivity contribution in [2.45, 2.75) is 18.0 Å². The van der Waals surface area contributed by atoms with Crippen molar-refractivity contribution in [3.8, 4) is 11.1 Å². The van der Waals surface area contributed by atoms with Gasteiger partial charge in [0.1, 0.15) is 0 Å². The first-order valence-corrected chi connectivity index (χ1v) is 13.4. The van der Waals surface area contributed by atoms with Gasteiger partial charge >= 0.3 is 0 Å². The number of hydrogen-bond acceptors (Lipinski definition) is 4. The lowest BCUT2D eigenvalue weighted by atomic mass is 10.0. The molecule has 0 saturated heterocycles. The van der Waals surface area contributed by atoms with E-state index in [2.05, 4.69) is 45.2 Å². The summed E-state index contributed by atoms with van der Waals surface area (Å²) in [6, 6.07) is 29.6. The molecule has 0 atom stereocenters. The Hall–Kier alpha value is -3.94. The van der Waals surface area contributed by atoms with Crippen LogP contribution in [0.5, 0.6) is 0 Å². The zero-order valence-electron chi connectivity index (χ0n) is 19.7. The molecule has 0 aliphatic carbocycles. The SMILES string of the molecule is O=S(=O)(c1cccc2ccccc12)N1CCN(Cc2c[nH]cn2)c2ccc(-c3ccccc3)cc2C1. The molecule has 0 saturated carbocycles. The fraction of sp³-hybridized carbons (Fsp3) is 0.138. The van der Waals surface area contributed by atoms with E-state index in [-0.39, 0.29) is 0 Å². The lowest BCUT2D eigenvalue weighted by Crippen LogP contribution is -2.35. The number of nitrogens with zero attached hydrogens (tertiary/aromatic N) is 3. The second-order valence-electron chi connectivity index (χ2n) is 9.01. The van der Waals surface area contributed by atoms with Gasteiger partial charge < -0.3 is 9.88 Å². The number of aromatic nitrogens is 2. The molecule has 0 spiro atoms. The molecule has 7 heteroatoms. The van der Waals surface area contributed by atoms with Gasteiger partial charge in [0.05, 0.1) is 23.5 Å². The number of benzene rings is 4. The van der Waals surface area contributed by atoms with Gasteiger partial charge in [-0.2, -0.15) is 4.31 Å². The number of aromatic amines is 1. The van der Waals surface area contributed by atoms with Crippen LogP contribution in [0.25, 0.3) is 21.9 Å². The van der Waals surface area contributed by atoms with E-state index in [1.54, 1.807) is 16.7 Å². The van der Waals surface area contributed by atoms with E-state index in [9.17, 15) is 8.42 Å². The molecule has 1 N–H and O–H groups in total. The van der Waals surface area contributed by atoms with E-state index in [1.165, 1.54) is 0 Å². The van der Waals surface area contributed by atoms with Gasteiger partial charge in [0.15, 0.2) is 0 Å². The van der Waals surface area contributed by atoms with Crippen molar-refractivity contribution < 1.29 is 8.42 Å². The Kier molecular flexibility index (Phi) is 5.79. The normalized spacial score (nSPS) is 14.5. The van der Waals surface area contributed by atoms with Crippen molar-refractivity contribution in [1.29, 1.82) is 0 Å². The Morgan fingerprint density at radius 2 is 1.64 bits per heavy atom. The van der Waals surface area contributed by atoms with Crippen LogP contribution in [0, 0.1) is 0 Å². The summed E-state index contributed by atoms with van der Waals surface area (Å²) in [4.78, 5) is 9.99. The van der Waals surface area contributed by atoms with Gasteiger partial charge in [-0.05, 0) is 40.3 Å². The van der Waals surface area contributed by atoms with E-state index in [1.807, 2.05) is 60.8 Å². The standard InChI is InChI=1S/C29H26N4O2S/c34-36(35,29-12-6-10-23-9-4-5-11-27(23)29)33-16-15-32(20-26-18-30-21-31-26)28-14-13-24(17-25(28)19-33)22-7-2-1-3-8-22/h1-14,17-18,21H,15-16,19-20H2,(H,30,31).